The number of carbonyl (C=O) groups excluding carboxylic acids is 2. The highest BCUT2D eigenvalue weighted by atomic mass is 16.8. The average Bonchev–Trinajstić information content (AvgIpc) is 3.31. The second-order valence-corrected chi connectivity index (χ2v) is 24.6. The fourth-order valence-electron chi connectivity index (χ4n) is 15.4. The number of esters is 1. The Bertz CT molecular complexity index is 1940. The Kier molecular flexibility index (Phi) is 16.0. The van der Waals surface area contributed by atoms with Crippen LogP contribution in [0.25, 0.3) is 0 Å². The third kappa shape index (κ3) is 9.59. The van der Waals surface area contributed by atoms with Crippen LogP contribution in [0, 0.1) is 44.8 Å². The number of hydrogen-bond acceptors (Lipinski definition) is 18. The van der Waals surface area contributed by atoms with Crippen LogP contribution < -0.4 is 11.1 Å². The van der Waals surface area contributed by atoms with Crippen LogP contribution in [-0.4, -0.2) is 175 Å². The summed E-state index contributed by atoms with van der Waals surface area (Å²) in [5.74, 6) is -1.05. The van der Waals surface area contributed by atoms with Crippen LogP contribution in [0.2, 0.25) is 0 Å². The maximum absolute atomic E-state index is 15.5. The molecule has 0 aromatic heterocycles. The van der Waals surface area contributed by atoms with E-state index in [1.54, 1.807) is 6.92 Å². The summed E-state index contributed by atoms with van der Waals surface area (Å²) in [6, 6.07) is -1.28. The molecular formula is C52H86N2O17. The van der Waals surface area contributed by atoms with Crippen LogP contribution in [0.3, 0.4) is 0 Å². The zero-order valence-corrected chi connectivity index (χ0v) is 42.9. The number of aliphatic hydroxyl groups is 9. The van der Waals surface area contributed by atoms with Crippen LogP contribution in [-0.2, 0) is 38.0 Å². The van der Waals surface area contributed by atoms with Gasteiger partial charge in [0.25, 0.3) is 0 Å². The van der Waals surface area contributed by atoms with Crippen LogP contribution in [0.4, 0.5) is 0 Å². The maximum Gasteiger partial charge on any atom is 0.315 e. The number of fused-ring (bicyclic) bond motifs is 7. The number of allylic oxidation sites excluding steroid dienone is 2. The second-order valence-electron chi connectivity index (χ2n) is 24.6. The first kappa shape index (κ1) is 55.3. The molecule has 13 unspecified atom stereocenters. The number of unbranched alkanes of at least 4 members (excludes halogenated alkanes) is 2. The number of carbonyl (C=O) groups is 2. The van der Waals surface area contributed by atoms with Crippen molar-refractivity contribution < 1.29 is 84.0 Å². The van der Waals surface area contributed by atoms with Gasteiger partial charge in [-0.25, -0.2) is 0 Å². The Balaban J connectivity index is 1.07. The Labute approximate surface area is 418 Å². The van der Waals surface area contributed by atoms with E-state index in [1.807, 2.05) is 0 Å². The summed E-state index contributed by atoms with van der Waals surface area (Å²) in [4.78, 5) is 28.8. The minimum absolute atomic E-state index is 0.0583. The topological polar surface area (TPSA) is 310 Å². The molecule has 4 saturated carbocycles. The first-order chi connectivity index (χ1) is 33.3. The minimum atomic E-state index is -1.88. The third-order valence-corrected chi connectivity index (χ3v) is 20.0. The number of rotatable bonds is 13. The lowest BCUT2D eigenvalue weighted by molar-refractivity contribution is -0.369. The highest BCUT2D eigenvalue weighted by Gasteiger charge is 2.70. The van der Waals surface area contributed by atoms with E-state index in [2.05, 4.69) is 46.0 Å². The van der Waals surface area contributed by atoms with Gasteiger partial charge in [0.15, 0.2) is 18.7 Å². The summed E-state index contributed by atoms with van der Waals surface area (Å²) < 4.78 is 36.4. The van der Waals surface area contributed by atoms with Gasteiger partial charge in [-0.1, -0.05) is 52.7 Å². The highest BCUT2D eigenvalue weighted by Crippen LogP contribution is 2.75. The molecule has 406 valence electrons. The van der Waals surface area contributed by atoms with Crippen molar-refractivity contribution in [2.45, 2.75) is 236 Å². The summed E-state index contributed by atoms with van der Waals surface area (Å²) in [5.41, 5.74) is 3.87. The first-order valence-corrected chi connectivity index (χ1v) is 26.5. The molecule has 0 aromatic carbocycles. The van der Waals surface area contributed by atoms with Gasteiger partial charge in [-0.05, 0) is 137 Å². The SMILES string of the molecule is CC1OC(OC2C(O)[C@@H](NC(=O)CCCCCN)C(CO)O[C@H]2OC(=O)[C@]23CCC(C)(C)CC2C2=CCC4C5(C)CC[C@H](O)[C@](C)(O)[C@@H]5CCC4(C)[C@]2(C)CC3)C(O)C(O)[C@H]1O[C@@H]1OC[C@@H](O)C(O)C1O. The molecular weight excluding hydrogens is 925 g/mol. The van der Waals surface area contributed by atoms with Gasteiger partial charge in [-0.2, -0.15) is 0 Å². The third-order valence-electron chi connectivity index (χ3n) is 20.0. The summed E-state index contributed by atoms with van der Waals surface area (Å²) in [6.45, 7) is 14.2. The molecule has 19 heteroatoms. The molecule has 0 spiro atoms. The van der Waals surface area contributed by atoms with E-state index in [9.17, 15) is 50.8 Å². The average molecular weight is 1010 g/mol. The quantitative estimate of drug-likeness (QED) is 0.0701. The highest BCUT2D eigenvalue weighted by molar-refractivity contribution is 5.79. The molecule has 8 rings (SSSR count). The van der Waals surface area contributed by atoms with Crippen molar-refractivity contribution in [3.8, 4) is 0 Å². The lowest BCUT2D eigenvalue weighted by Gasteiger charge is -2.70. The van der Waals surface area contributed by atoms with Gasteiger partial charge in [0.2, 0.25) is 12.2 Å². The lowest BCUT2D eigenvalue weighted by atomic mass is 9.34. The van der Waals surface area contributed by atoms with Crippen LogP contribution in [0.1, 0.15) is 138 Å². The fraction of sp³-hybridized carbons (Fsp3) is 0.923. The van der Waals surface area contributed by atoms with Gasteiger partial charge >= 0.3 is 5.97 Å². The van der Waals surface area contributed by atoms with Crippen LogP contribution in [0.15, 0.2) is 11.6 Å². The van der Waals surface area contributed by atoms with E-state index in [4.69, 9.17) is 34.2 Å². The molecule has 3 saturated heterocycles. The molecule has 7 fully saturated rings. The Hall–Kier alpha value is -1.92. The molecule has 12 N–H and O–H groups in total. The standard InChI is InChI=1S/C52H86N2O17/c1-26-41(69-43-39(62)36(59)29(56)25-66-43)38(61)40(63)44(67-26)70-42-37(60)35(54-34(58)11-9-8-10-22-53)30(24-55)68-45(42)71-46(64)52-20-18-47(2,3)23-28(52)27-12-13-31-48(4)16-15-33(57)51(7,65)32(48)14-17-50(31,6)49(27,5)19-21-52/h12,26,28-33,35-45,55-57,59-63,65H,8-11,13-25,53H2,1-7H3,(H,54,58)/t26?,28?,29-,30?,31?,32-,33+,35+,36?,37?,38?,39?,40?,41+,42?,43+,44?,45+,48?,49-,50?,51-,52+/m1/s1. The molecule has 3 aliphatic heterocycles. The van der Waals surface area contributed by atoms with Crippen molar-refractivity contribution in [1.82, 2.24) is 5.32 Å². The normalized spacial score (nSPS) is 50.6. The van der Waals surface area contributed by atoms with Crippen molar-refractivity contribution >= 4 is 11.9 Å². The molecule has 5 aliphatic carbocycles. The number of nitrogens with two attached hydrogens (primary N) is 1. The summed E-state index contributed by atoms with van der Waals surface area (Å²) in [7, 11) is 0. The first-order valence-electron chi connectivity index (χ1n) is 26.5. The number of hydrogen-bond donors (Lipinski definition) is 11. The van der Waals surface area contributed by atoms with E-state index in [0.29, 0.717) is 51.5 Å². The van der Waals surface area contributed by atoms with E-state index >= 15 is 4.79 Å². The van der Waals surface area contributed by atoms with E-state index in [0.717, 1.165) is 38.5 Å². The molecule has 0 bridgehead atoms. The Morgan fingerprint density at radius 1 is 0.775 bits per heavy atom. The molecule has 0 radical (unpaired) electrons. The molecule has 23 atom stereocenters. The van der Waals surface area contributed by atoms with Gasteiger partial charge in [-0.15, -0.1) is 0 Å². The monoisotopic (exact) mass is 1010 g/mol. The van der Waals surface area contributed by atoms with E-state index in [1.165, 1.54) is 12.5 Å². The van der Waals surface area contributed by atoms with Gasteiger partial charge < -0.3 is 85.4 Å². The molecule has 0 aromatic rings. The zero-order valence-electron chi connectivity index (χ0n) is 42.9. The van der Waals surface area contributed by atoms with Gasteiger partial charge in [0, 0.05) is 6.42 Å². The molecule has 3 heterocycles. The smallest absolute Gasteiger partial charge is 0.315 e. The zero-order chi connectivity index (χ0) is 51.8. The van der Waals surface area contributed by atoms with Gasteiger partial charge in [-0.3, -0.25) is 9.59 Å². The fourth-order valence-corrected chi connectivity index (χ4v) is 15.4. The summed E-state index contributed by atoms with van der Waals surface area (Å²) in [5, 5.41) is 102. The maximum atomic E-state index is 15.5. The predicted molar refractivity (Wildman–Crippen MR) is 253 cm³/mol. The molecule has 19 nitrogen and oxygen atoms in total. The molecule has 8 aliphatic rings. The van der Waals surface area contributed by atoms with Crippen LogP contribution >= 0.6 is 0 Å². The number of nitrogens with one attached hydrogen (secondary N) is 1. The Morgan fingerprint density at radius 2 is 1.46 bits per heavy atom. The number of ether oxygens (including phenoxy) is 6. The van der Waals surface area contributed by atoms with Crippen molar-refractivity contribution in [3.05, 3.63) is 11.6 Å². The predicted octanol–water partition coefficient (Wildman–Crippen LogP) is 1.18. The molecule has 1 amide bonds. The van der Waals surface area contributed by atoms with E-state index < -0.39 is 122 Å². The van der Waals surface area contributed by atoms with Crippen LogP contribution in [0.5, 0.6) is 0 Å². The van der Waals surface area contributed by atoms with Crippen molar-refractivity contribution in [1.29, 1.82) is 0 Å². The summed E-state index contributed by atoms with van der Waals surface area (Å²) >= 11 is 0. The number of amides is 1. The molecule has 71 heavy (non-hydrogen) atoms. The van der Waals surface area contributed by atoms with E-state index in [-0.39, 0.29) is 52.4 Å². The van der Waals surface area contributed by atoms with Gasteiger partial charge in [0.1, 0.15) is 48.8 Å². The van der Waals surface area contributed by atoms with Crippen molar-refractivity contribution in [2.75, 3.05) is 19.8 Å². The Morgan fingerprint density at radius 3 is 2.17 bits per heavy atom. The minimum Gasteiger partial charge on any atom is -0.432 e. The lowest BCUT2D eigenvalue weighted by Crippen LogP contribution is -2.68. The van der Waals surface area contributed by atoms with Crippen molar-refractivity contribution in [2.24, 2.45) is 50.6 Å². The number of aliphatic hydroxyl groups excluding tert-OH is 8. The van der Waals surface area contributed by atoms with Gasteiger partial charge in [0.05, 0.1) is 42.5 Å². The summed E-state index contributed by atoms with van der Waals surface area (Å²) in [6.07, 6.45) is -9.78. The van der Waals surface area contributed by atoms with Crippen molar-refractivity contribution in [3.63, 3.8) is 0 Å². The largest absolute Gasteiger partial charge is 0.432 e. The second kappa shape index (κ2) is 20.6.